The second-order valence-corrected chi connectivity index (χ2v) is 6.14. The summed E-state index contributed by atoms with van der Waals surface area (Å²) in [7, 11) is 0. The van der Waals surface area contributed by atoms with E-state index in [1.54, 1.807) is 13.8 Å². The SMILES string of the molecule is CC(=O)c1c(C)[nH]c(C(=O)OCc2nc(-c3ccc(C)cc3)no2)c1C. The molecule has 0 aliphatic carbocycles. The van der Waals surface area contributed by atoms with Gasteiger partial charge in [0.05, 0.1) is 0 Å². The number of H-pyrrole nitrogens is 1. The fourth-order valence-electron chi connectivity index (χ4n) is 2.82. The number of aryl methyl sites for hydroxylation is 2. The zero-order valence-corrected chi connectivity index (χ0v) is 15.0. The van der Waals surface area contributed by atoms with Crippen molar-refractivity contribution in [2.24, 2.45) is 0 Å². The van der Waals surface area contributed by atoms with Gasteiger partial charge in [0.25, 0.3) is 5.89 Å². The van der Waals surface area contributed by atoms with Crippen molar-refractivity contribution < 1.29 is 18.8 Å². The van der Waals surface area contributed by atoms with E-state index in [1.165, 1.54) is 6.92 Å². The molecule has 0 spiro atoms. The van der Waals surface area contributed by atoms with Crippen molar-refractivity contribution in [2.45, 2.75) is 34.3 Å². The first-order valence-electron chi connectivity index (χ1n) is 8.13. The van der Waals surface area contributed by atoms with Gasteiger partial charge in [-0.15, -0.1) is 0 Å². The van der Waals surface area contributed by atoms with Crippen molar-refractivity contribution in [1.29, 1.82) is 0 Å². The number of Topliss-reactive ketones (excluding diaryl/α,β-unsaturated/α-hetero) is 1. The van der Waals surface area contributed by atoms with Gasteiger partial charge in [0.2, 0.25) is 5.82 Å². The zero-order valence-electron chi connectivity index (χ0n) is 15.0. The van der Waals surface area contributed by atoms with E-state index in [0.29, 0.717) is 22.6 Å². The van der Waals surface area contributed by atoms with E-state index in [4.69, 9.17) is 9.26 Å². The molecule has 0 saturated carbocycles. The normalized spacial score (nSPS) is 10.8. The van der Waals surface area contributed by atoms with Gasteiger partial charge in [0, 0.05) is 16.8 Å². The Labute approximate surface area is 150 Å². The summed E-state index contributed by atoms with van der Waals surface area (Å²) in [5.74, 6) is -0.0495. The summed E-state index contributed by atoms with van der Waals surface area (Å²) < 4.78 is 10.4. The predicted octanol–water partition coefficient (Wildman–Crippen LogP) is 3.55. The molecule has 0 aliphatic heterocycles. The third kappa shape index (κ3) is 3.42. The van der Waals surface area contributed by atoms with Crippen LogP contribution in [0.15, 0.2) is 28.8 Å². The smallest absolute Gasteiger partial charge is 0.355 e. The highest BCUT2D eigenvalue weighted by Gasteiger charge is 2.21. The van der Waals surface area contributed by atoms with Crippen LogP contribution in [-0.2, 0) is 11.3 Å². The van der Waals surface area contributed by atoms with Gasteiger partial charge in [0.1, 0.15) is 5.69 Å². The van der Waals surface area contributed by atoms with E-state index in [2.05, 4.69) is 15.1 Å². The average Bonchev–Trinajstić information content (AvgIpc) is 3.18. The van der Waals surface area contributed by atoms with E-state index >= 15 is 0 Å². The Kier molecular flexibility index (Phi) is 4.71. The van der Waals surface area contributed by atoms with Crippen LogP contribution < -0.4 is 0 Å². The van der Waals surface area contributed by atoms with Crippen molar-refractivity contribution in [1.82, 2.24) is 15.1 Å². The van der Waals surface area contributed by atoms with Crippen LogP contribution in [0.5, 0.6) is 0 Å². The van der Waals surface area contributed by atoms with E-state index in [-0.39, 0.29) is 24.0 Å². The molecule has 26 heavy (non-hydrogen) atoms. The second kappa shape index (κ2) is 6.95. The van der Waals surface area contributed by atoms with E-state index < -0.39 is 5.97 Å². The Morgan fingerprint density at radius 1 is 1.15 bits per heavy atom. The molecule has 0 saturated heterocycles. The molecule has 134 valence electrons. The van der Waals surface area contributed by atoms with Gasteiger partial charge in [-0.1, -0.05) is 35.0 Å². The van der Waals surface area contributed by atoms with Crippen LogP contribution in [0.3, 0.4) is 0 Å². The largest absolute Gasteiger partial charge is 0.451 e. The molecule has 2 aromatic heterocycles. The highest BCUT2D eigenvalue weighted by Crippen LogP contribution is 2.20. The number of carbonyl (C=O) groups is 2. The molecule has 0 atom stereocenters. The number of ether oxygens (including phenoxy) is 1. The first-order chi connectivity index (χ1) is 12.4. The molecular weight excluding hydrogens is 334 g/mol. The summed E-state index contributed by atoms with van der Waals surface area (Å²) in [5, 5.41) is 3.90. The van der Waals surface area contributed by atoms with Gasteiger partial charge in [-0.3, -0.25) is 4.79 Å². The fraction of sp³-hybridized carbons (Fsp3) is 0.263. The highest BCUT2D eigenvalue weighted by molar-refractivity contribution is 6.01. The number of aromatic amines is 1. The number of hydrogen-bond donors (Lipinski definition) is 1. The summed E-state index contributed by atoms with van der Waals surface area (Å²) in [5.41, 5.74) is 3.93. The quantitative estimate of drug-likeness (QED) is 0.556. The van der Waals surface area contributed by atoms with Crippen LogP contribution in [-0.4, -0.2) is 26.9 Å². The lowest BCUT2D eigenvalue weighted by Gasteiger charge is -2.01. The molecule has 1 N–H and O–H groups in total. The van der Waals surface area contributed by atoms with Crippen LogP contribution in [0.25, 0.3) is 11.4 Å². The van der Waals surface area contributed by atoms with Crippen molar-refractivity contribution in [3.8, 4) is 11.4 Å². The molecule has 0 aliphatic rings. The molecule has 1 aromatic carbocycles. The minimum absolute atomic E-state index is 0.102. The molecule has 0 radical (unpaired) electrons. The summed E-state index contributed by atoms with van der Waals surface area (Å²) >= 11 is 0. The first-order valence-corrected chi connectivity index (χ1v) is 8.13. The number of nitrogens with zero attached hydrogens (tertiary/aromatic N) is 2. The number of hydrogen-bond acceptors (Lipinski definition) is 6. The van der Waals surface area contributed by atoms with E-state index in [1.807, 2.05) is 31.2 Å². The number of esters is 1. The maximum Gasteiger partial charge on any atom is 0.355 e. The van der Waals surface area contributed by atoms with Crippen molar-refractivity contribution in [3.05, 3.63) is 58.2 Å². The van der Waals surface area contributed by atoms with Crippen molar-refractivity contribution in [2.75, 3.05) is 0 Å². The molecule has 7 nitrogen and oxygen atoms in total. The topological polar surface area (TPSA) is 98.1 Å². The number of rotatable bonds is 5. The first kappa shape index (κ1) is 17.6. The minimum atomic E-state index is -0.576. The highest BCUT2D eigenvalue weighted by atomic mass is 16.6. The van der Waals surface area contributed by atoms with Crippen LogP contribution in [0.2, 0.25) is 0 Å². The molecule has 0 amide bonds. The van der Waals surface area contributed by atoms with Crippen LogP contribution >= 0.6 is 0 Å². The van der Waals surface area contributed by atoms with Gasteiger partial charge in [-0.25, -0.2) is 4.79 Å². The lowest BCUT2D eigenvalue weighted by Crippen LogP contribution is -2.08. The maximum atomic E-state index is 12.3. The molecule has 7 heteroatoms. The number of benzene rings is 1. The summed E-state index contributed by atoms with van der Waals surface area (Å²) in [4.78, 5) is 31.1. The van der Waals surface area contributed by atoms with Gasteiger partial charge >= 0.3 is 5.97 Å². The number of nitrogens with one attached hydrogen (secondary N) is 1. The maximum absolute atomic E-state index is 12.3. The number of aromatic nitrogens is 3. The Morgan fingerprint density at radius 2 is 1.85 bits per heavy atom. The van der Waals surface area contributed by atoms with E-state index in [9.17, 15) is 9.59 Å². The fourth-order valence-corrected chi connectivity index (χ4v) is 2.82. The van der Waals surface area contributed by atoms with Crippen LogP contribution in [0.4, 0.5) is 0 Å². The standard InChI is InChI=1S/C19H19N3O4/c1-10-5-7-14(8-6-10)18-21-15(26-22-18)9-25-19(24)17-11(2)16(13(4)23)12(3)20-17/h5-8,20H,9H2,1-4H3. The Morgan fingerprint density at radius 3 is 2.46 bits per heavy atom. The monoisotopic (exact) mass is 353 g/mol. The van der Waals surface area contributed by atoms with E-state index in [0.717, 1.165) is 11.1 Å². The minimum Gasteiger partial charge on any atom is -0.451 e. The molecule has 0 bridgehead atoms. The lowest BCUT2D eigenvalue weighted by atomic mass is 10.1. The number of ketones is 1. The Hall–Kier alpha value is -3.22. The summed E-state index contributed by atoms with van der Waals surface area (Å²) in [6.45, 7) is 6.76. The van der Waals surface area contributed by atoms with Gasteiger partial charge in [-0.2, -0.15) is 4.98 Å². The predicted molar refractivity (Wildman–Crippen MR) is 93.9 cm³/mol. The molecule has 0 unspecified atom stereocenters. The molecule has 2 heterocycles. The zero-order chi connectivity index (χ0) is 18.8. The molecular formula is C19H19N3O4. The van der Waals surface area contributed by atoms with Gasteiger partial charge in [0.15, 0.2) is 12.4 Å². The third-order valence-corrected chi connectivity index (χ3v) is 4.10. The van der Waals surface area contributed by atoms with Crippen molar-refractivity contribution in [3.63, 3.8) is 0 Å². The molecule has 3 aromatic rings. The molecule has 0 fully saturated rings. The third-order valence-electron chi connectivity index (χ3n) is 4.10. The molecule has 3 rings (SSSR count). The van der Waals surface area contributed by atoms with Gasteiger partial charge < -0.3 is 14.2 Å². The second-order valence-electron chi connectivity index (χ2n) is 6.14. The summed E-state index contributed by atoms with van der Waals surface area (Å²) in [6.07, 6.45) is 0. The van der Waals surface area contributed by atoms with Crippen LogP contribution in [0, 0.1) is 20.8 Å². The van der Waals surface area contributed by atoms with Crippen LogP contribution in [0.1, 0.15) is 50.5 Å². The Bertz CT molecular complexity index is 967. The summed E-state index contributed by atoms with van der Waals surface area (Å²) in [6, 6.07) is 7.69. The lowest BCUT2D eigenvalue weighted by molar-refractivity contribution is 0.0422. The average molecular weight is 353 g/mol. The number of carbonyl (C=O) groups excluding carboxylic acids is 2. The van der Waals surface area contributed by atoms with Crippen molar-refractivity contribution >= 4 is 11.8 Å². The Balaban J connectivity index is 1.70. The van der Waals surface area contributed by atoms with Gasteiger partial charge in [-0.05, 0) is 33.3 Å².